The van der Waals surface area contributed by atoms with Crippen molar-refractivity contribution in [1.82, 2.24) is 9.55 Å². The van der Waals surface area contributed by atoms with Gasteiger partial charge in [0.25, 0.3) is 6.33 Å². The molecule has 398 valence electrons. The molecule has 2 aromatic heterocycles. The summed E-state index contributed by atoms with van der Waals surface area (Å²) < 4.78 is 11.3. The second-order valence-electron chi connectivity index (χ2n) is 23.3. The van der Waals surface area contributed by atoms with Gasteiger partial charge in [-0.3, -0.25) is 4.57 Å². The van der Waals surface area contributed by atoms with Crippen LogP contribution in [0.25, 0.3) is 89.2 Å². The third-order valence-electron chi connectivity index (χ3n) is 18.0. The number of anilines is 2. The minimum atomic E-state index is -0.477. The van der Waals surface area contributed by atoms with Gasteiger partial charge in [-0.1, -0.05) is 215 Å². The van der Waals surface area contributed by atoms with E-state index in [1.165, 1.54) is 66.8 Å². The summed E-state index contributed by atoms with van der Waals surface area (Å²) in [6, 6.07) is 87.8. The van der Waals surface area contributed by atoms with Crippen molar-refractivity contribution in [2.45, 2.75) is 43.6 Å². The molecule has 0 amide bonds. The van der Waals surface area contributed by atoms with Gasteiger partial charge in [-0.25, -0.2) is 4.98 Å². The van der Waals surface area contributed by atoms with Crippen molar-refractivity contribution in [3.63, 3.8) is 0 Å². The summed E-state index contributed by atoms with van der Waals surface area (Å²) in [5.74, 6) is 2.26. The summed E-state index contributed by atoms with van der Waals surface area (Å²) >= 11 is 0. The van der Waals surface area contributed by atoms with Crippen LogP contribution < -0.4 is 14.2 Å². The van der Waals surface area contributed by atoms with E-state index in [9.17, 15) is 0 Å². The number of pyridine rings is 1. The van der Waals surface area contributed by atoms with Gasteiger partial charge in [0.05, 0.1) is 28.2 Å². The van der Waals surface area contributed by atoms with Crippen molar-refractivity contribution in [3.8, 4) is 89.6 Å². The molecule has 10 aromatic carbocycles. The fourth-order valence-corrected chi connectivity index (χ4v) is 14.4. The van der Waals surface area contributed by atoms with Gasteiger partial charge in [0.1, 0.15) is 5.82 Å². The fraction of sp³-hybridized carbons (Fsp3) is 0.0909. The molecule has 6 heteroatoms. The van der Waals surface area contributed by atoms with Gasteiger partial charge in [-0.15, -0.1) is 29.8 Å². The molecule has 12 aromatic rings. The van der Waals surface area contributed by atoms with Crippen LogP contribution in [0.5, 0.6) is 11.5 Å². The first-order chi connectivity index (χ1) is 40.3. The Morgan fingerprint density at radius 1 is 0.518 bits per heavy atom. The number of rotatable bonds is 5. The first-order valence-corrected chi connectivity index (χ1v) is 28.4. The van der Waals surface area contributed by atoms with Crippen LogP contribution in [0.15, 0.2) is 249 Å². The van der Waals surface area contributed by atoms with E-state index in [2.05, 4.69) is 278 Å². The molecule has 0 bridgehead atoms. The van der Waals surface area contributed by atoms with Crippen molar-refractivity contribution in [2.75, 3.05) is 4.90 Å². The maximum Gasteiger partial charge on any atom is 0.268 e. The van der Waals surface area contributed by atoms with Crippen LogP contribution in [0.3, 0.4) is 0 Å². The van der Waals surface area contributed by atoms with E-state index in [4.69, 9.17) is 9.72 Å². The minimum Gasteiger partial charge on any atom is -0.510 e. The van der Waals surface area contributed by atoms with Crippen LogP contribution in [0.2, 0.25) is 0 Å². The van der Waals surface area contributed by atoms with Gasteiger partial charge in [0, 0.05) is 44.3 Å². The zero-order valence-electron chi connectivity index (χ0n) is 45.8. The molecule has 0 saturated heterocycles. The normalized spacial score (nSPS) is 15.8. The average Bonchev–Trinajstić information content (AvgIpc) is 2.02. The number of allylic oxidation sites excluding steroid dienone is 2. The predicted octanol–water partition coefficient (Wildman–Crippen LogP) is 17.8. The number of hydrogen-bond donors (Lipinski definition) is 0. The summed E-state index contributed by atoms with van der Waals surface area (Å²) in [6.45, 7) is 6.73. The van der Waals surface area contributed by atoms with Gasteiger partial charge in [-0.05, 0) is 130 Å². The van der Waals surface area contributed by atoms with Crippen molar-refractivity contribution in [1.29, 1.82) is 0 Å². The molecule has 0 radical (unpaired) electrons. The van der Waals surface area contributed by atoms with Gasteiger partial charge in [0.2, 0.25) is 0 Å². The number of para-hydroxylation sites is 1. The Balaban J connectivity index is 0.00000565. The van der Waals surface area contributed by atoms with E-state index in [-0.39, 0.29) is 38.4 Å². The molecule has 5 aliphatic rings. The van der Waals surface area contributed by atoms with Crippen LogP contribution in [0.1, 0.15) is 60.1 Å². The Kier molecular flexibility index (Phi) is 11.0. The van der Waals surface area contributed by atoms with Crippen molar-refractivity contribution in [2.24, 2.45) is 0 Å². The Morgan fingerprint density at radius 3 is 1.83 bits per heavy atom. The number of nitrogens with zero attached hydrogens (tertiary/aromatic N) is 4. The average molecular weight is 1240 g/mol. The van der Waals surface area contributed by atoms with E-state index in [1.807, 2.05) is 24.4 Å². The number of hydrogen-bond acceptors (Lipinski definition) is 3. The zero-order valence-corrected chi connectivity index (χ0v) is 48.1. The second kappa shape index (κ2) is 18.6. The van der Waals surface area contributed by atoms with Gasteiger partial charge < -0.3 is 14.2 Å². The predicted molar refractivity (Wildman–Crippen MR) is 329 cm³/mol. The van der Waals surface area contributed by atoms with Crippen molar-refractivity contribution in [3.05, 3.63) is 301 Å². The maximum atomic E-state index is 6.82. The van der Waals surface area contributed by atoms with E-state index < -0.39 is 5.41 Å². The topological polar surface area (TPSA) is 34.2 Å². The molecular weight excluding hydrogens is 1190 g/mol. The summed E-state index contributed by atoms with van der Waals surface area (Å²) in [6.07, 6.45) is 14.7. The molecule has 4 heterocycles. The number of fused-ring (bicyclic) bond motifs is 20. The first kappa shape index (κ1) is 49.4. The Bertz CT molecular complexity index is 4700. The summed E-state index contributed by atoms with van der Waals surface area (Å²) in [5.41, 5.74) is 26.4. The summed E-state index contributed by atoms with van der Waals surface area (Å²) in [7, 11) is 0. The maximum absolute atomic E-state index is 6.82. The van der Waals surface area contributed by atoms with E-state index >= 15 is 0 Å². The molecule has 17 rings (SSSR count). The Hall–Kier alpha value is -9.41. The Labute approximate surface area is 498 Å². The van der Waals surface area contributed by atoms with Crippen LogP contribution in [-0.4, -0.2) is 15.6 Å². The van der Waals surface area contributed by atoms with Crippen molar-refractivity contribution >= 4 is 22.5 Å². The van der Waals surface area contributed by atoms with Crippen LogP contribution in [-0.2, 0) is 31.9 Å². The SMILES string of the molecule is CC(C)(C)c1ccnc(N2c3[c-]c(Oc4[c-]c(-n5[c-][n+]6c7c(cccc75)-c5ccccc5-c5ccccc5-c5c(-c7ccc8c(c7)C7(c9ccccc9-c9ccccc97)c7ccccc7-8)cccc5-6)ccc4)ccc3C3C=CC=CC32)c1.[Pt]. The minimum absolute atomic E-state index is 0. The molecule has 5 nitrogen and oxygen atoms in total. The van der Waals surface area contributed by atoms with Crippen LogP contribution >= 0.6 is 0 Å². The second-order valence-corrected chi connectivity index (χ2v) is 23.3. The van der Waals surface area contributed by atoms with Crippen LogP contribution in [0.4, 0.5) is 11.5 Å². The molecule has 0 saturated carbocycles. The van der Waals surface area contributed by atoms with E-state index in [0.29, 0.717) is 11.5 Å². The van der Waals surface area contributed by atoms with E-state index in [0.717, 1.165) is 67.3 Å². The molecule has 0 N–H and O–H groups in total. The number of imidazole rings is 1. The quantitative estimate of drug-likeness (QED) is 0.127. The molecule has 2 aliphatic heterocycles. The summed E-state index contributed by atoms with van der Waals surface area (Å²) in [4.78, 5) is 7.26. The van der Waals surface area contributed by atoms with Gasteiger partial charge >= 0.3 is 0 Å². The van der Waals surface area contributed by atoms with Crippen molar-refractivity contribution < 1.29 is 30.4 Å². The fourth-order valence-electron chi connectivity index (χ4n) is 14.4. The third kappa shape index (κ3) is 7.17. The first-order valence-electron chi connectivity index (χ1n) is 28.4. The summed E-state index contributed by atoms with van der Waals surface area (Å²) in [5, 5.41) is 0. The molecule has 2 unspecified atom stereocenters. The standard InChI is InChI=1S/C77H52N4O.Pt/c1-76(2,3)49-41-42-78-73(44-49)81-69-34-15-11-27-61(69)62-40-38-52(46-72(62)81)82-51-20-16-19-50(45-51)79-47-80-70-35-17-29-53(74(70)63-28-7-6-22-55(63)54-21-4-5-23-56(54)64-30-18-36-71(79)75(64)80)48-37-39-60-59-26-10-14-33-67(59)77(68(60)43-48)65-31-12-8-24-57(65)58-25-9-13-32-66(58)77;/h4-44,61,69H,1-3H3;/q-2;. The molecule has 83 heavy (non-hydrogen) atoms. The van der Waals surface area contributed by atoms with Crippen LogP contribution in [0, 0.1) is 18.5 Å². The van der Waals surface area contributed by atoms with Gasteiger partial charge in [-0.2, -0.15) is 18.2 Å². The molecule has 3 aliphatic carbocycles. The molecular formula is C77H52N4OPt-2. The smallest absolute Gasteiger partial charge is 0.268 e. The van der Waals surface area contributed by atoms with Gasteiger partial charge in [0.15, 0.2) is 0 Å². The largest absolute Gasteiger partial charge is 0.510 e. The molecule has 2 atom stereocenters. The Morgan fingerprint density at radius 2 is 1.11 bits per heavy atom. The molecule has 1 spiro atoms. The zero-order chi connectivity index (χ0) is 54.4. The van der Waals surface area contributed by atoms with E-state index in [1.54, 1.807) is 0 Å². The molecule has 0 fully saturated rings. The third-order valence-corrected chi connectivity index (χ3v) is 18.0. The number of ether oxygens (including phenoxy) is 1. The number of aromatic nitrogens is 3. The monoisotopic (exact) mass is 1240 g/mol. The number of benzene rings is 10.